The predicted octanol–water partition coefficient (Wildman–Crippen LogP) is 1.99. The molecule has 2 fully saturated rings. The average Bonchev–Trinajstić information content (AvgIpc) is 2.07. The molecule has 2 heterocycles. The molecule has 11 heteroatoms. The fourth-order valence-corrected chi connectivity index (χ4v) is 565. The van der Waals surface area contributed by atoms with Gasteiger partial charge in [0.05, 0.1) is 0 Å². The van der Waals surface area contributed by atoms with Crippen LogP contribution >= 0.6 is 40.6 Å². The van der Waals surface area contributed by atoms with Crippen LogP contribution in [0, 0.1) is 0 Å². The van der Waals surface area contributed by atoms with Gasteiger partial charge < -0.3 is 0 Å². The minimum absolute atomic E-state index is 0.267. The van der Waals surface area contributed by atoms with Crippen LogP contribution < -0.4 is 0 Å². The van der Waals surface area contributed by atoms with Crippen LogP contribution in [0.3, 0.4) is 0 Å². The summed E-state index contributed by atoms with van der Waals surface area (Å²) in [7, 11) is 9.93. The Balaban J connectivity index is 1.94. The van der Waals surface area contributed by atoms with E-state index < -0.39 is 13.2 Å². The zero-order valence-electron chi connectivity index (χ0n) is 4.79. The van der Waals surface area contributed by atoms with Crippen molar-refractivity contribution in [1.29, 1.82) is 0 Å². The Labute approximate surface area is 114 Å². The molecule has 0 atom stereocenters. The van der Waals surface area contributed by atoms with Crippen LogP contribution in [-0.4, -0.2) is 77.1 Å². The van der Waals surface area contributed by atoms with E-state index in [0.29, 0.717) is 26.3 Å². The molecule has 0 unspecified atom stereocenters. The molecule has 0 aliphatic carbocycles. The molecule has 2 saturated heterocycles. The molecule has 11 heavy (non-hydrogen) atoms. The Hall–Kier alpha value is 5.64. The molecule has 0 aromatic heterocycles. The van der Waals surface area contributed by atoms with Gasteiger partial charge in [-0.2, -0.15) is 0 Å². The summed E-state index contributed by atoms with van der Waals surface area (Å²) >= 11 is 0.166. The van der Waals surface area contributed by atoms with Crippen LogP contribution in [0.2, 0.25) is 0 Å². The summed E-state index contributed by atoms with van der Waals surface area (Å²) in [5, 5.41) is 0. The van der Waals surface area contributed by atoms with E-state index in [2.05, 4.69) is 40.6 Å². The van der Waals surface area contributed by atoms with Gasteiger partial charge in [0.2, 0.25) is 0 Å². The van der Waals surface area contributed by atoms with Gasteiger partial charge in [0, 0.05) is 0 Å². The van der Waals surface area contributed by atoms with Crippen molar-refractivity contribution in [2.45, 2.75) is 0 Å². The molecule has 0 aromatic carbocycles. The van der Waals surface area contributed by atoms with Crippen LogP contribution in [0.15, 0.2) is 0 Å². The molecule has 0 saturated carbocycles. The van der Waals surface area contributed by atoms with E-state index in [1.54, 1.807) is 0 Å². The van der Waals surface area contributed by atoms with Crippen molar-refractivity contribution in [1.82, 2.24) is 0 Å². The zero-order chi connectivity index (χ0) is 7.57. The second kappa shape index (κ2) is 7.16. The molecule has 0 aromatic rings. The maximum atomic E-state index is 2.58. The molecule has 2 rings (SSSR count). The average molecular weight is 703 g/mol. The summed E-state index contributed by atoms with van der Waals surface area (Å²) in [6.07, 6.45) is 0. The van der Waals surface area contributed by atoms with Crippen molar-refractivity contribution in [2.24, 2.45) is 0 Å². The van der Waals surface area contributed by atoms with Crippen LogP contribution in [-0.2, 0) is 0 Å². The zero-order valence-corrected chi connectivity index (χ0v) is 21.5. The fourth-order valence-electron chi connectivity index (χ4n) is 0.370. The third-order valence-corrected chi connectivity index (χ3v) is 248. The fraction of sp³-hybridized carbons (Fsp3) is 0. The summed E-state index contributed by atoms with van der Waals surface area (Å²) in [4.78, 5) is 0. The monoisotopic (exact) mass is 702 g/mol. The summed E-state index contributed by atoms with van der Waals surface area (Å²) < 4.78 is 0. The van der Waals surface area contributed by atoms with Gasteiger partial charge in [0.15, 0.2) is 0 Å². The van der Waals surface area contributed by atoms with Crippen LogP contribution in [0.4, 0.5) is 0 Å². The Morgan fingerprint density at radius 1 is 0.909 bits per heavy atom. The van der Waals surface area contributed by atoms with E-state index in [-0.39, 0.29) is 37.6 Å². The molecule has 0 bridgehead atoms. The summed E-state index contributed by atoms with van der Waals surface area (Å²) in [5.41, 5.74) is 0. The van der Waals surface area contributed by atoms with Crippen molar-refractivity contribution in [3.8, 4) is 0 Å². The van der Waals surface area contributed by atoms with Crippen molar-refractivity contribution in [3.63, 3.8) is 0 Å². The first-order valence-corrected chi connectivity index (χ1v) is 42.1. The molecule has 2 aliphatic heterocycles. The molecule has 2 aliphatic rings. The second-order valence-corrected chi connectivity index (χ2v) is 104. The molecule has 0 amide bonds. The summed E-state index contributed by atoms with van der Waals surface area (Å²) in [6, 6.07) is 0. The predicted molar refractivity (Wildman–Crippen MR) is 74.3 cm³/mol. The first-order valence-electron chi connectivity index (χ1n) is 2.28. The Kier molecular flexibility index (Phi) is 8.51. The number of hydrogen-bond acceptors (Lipinski definition) is 6. The van der Waals surface area contributed by atoms with Gasteiger partial charge in [0.25, 0.3) is 0 Å². The summed E-state index contributed by atoms with van der Waals surface area (Å²) in [6.45, 7) is 0. The standard InChI is InChI=1S/2GeS2.2S.3Sb/c2*2-1-3;;;;;/q2*-2;;;3*+1. The van der Waals surface area contributed by atoms with Gasteiger partial charge in [-0.1, -0.05) is 0 Å². The van der Waals surface area contributed by atoms with Gasteiger partial charge in [-0.25, -0.2) is 0 Å². The normalized spacial score (nSPS) is 33.5. The van der Waals surface area contributed by atoms with Crippen molar-refractivity contribution >= 4 is 118 Å². The van der Waals surface area contributed by atoms with E-state index in [1.165, 1.54) is 0 Å². The first kappa shape index (κ1) is 13.1. The third-order valence-electron chi connectivity index (χ3n) is 0.714. The second-order valence-electron chi connectivity index (χ2n) is 1.29. The van der Waals surface area contributed by atoms with Crippen molar-refractivity contribution in [3.05, 3.63) is 0 Å². The molecular formula is Ge2S6Sb3-. The molecular weight excluding hydrogens is 703 g/mol. The number of rotatable bonds is 0. The topological polar surface area (TPSA) is 0 Å². The third kappa shape index (κ3) is 4.43. The minimum atomic E-state index is -1.33. The number of hydrogen-bond donors (Lipinski definition) is 0. The first-order chi connectivity index (χ1) is 5.41. The molecule has 0 N–H and O–H groups in total. The van der Waals surface area contributed by atoms with E-state index in [1.807, 2.05) is 0 Å². The SMILES string of the molecule is [S]1[Ge][S][Sb-]2([S][Ge][S][Sb][S]2)[S][Sb]1. The van der Waals surface area contributed by atoms with Gasteiger partial charge in [-0.3, -0.25) is 0 Å². The Morgan fingerprint density at radius 3 is 1.82 bits per heavy atom. The molecule has 0 nitrogen and oxygen atoms in total. The summed E-state index contributed by atoms with van der Waals surface area (Å²) in [5.74, 6) is 5.15. The maximum absolute atomic E-state index is 2.58. The van der Waals surface area contributed by atoms with Crippen molar-refractivity contribution in [2.75, 3.05) is 0 Å². The molecule has 60 valence electrons. The van der Waals surface area contributed by atoms with Gasteiger partial charge in [0.1, 0.15) is 0 Å². The Bertz CT molecular complexity index is 110. The van der Waals surface area contributed by atoms with Crippen LogP contribution in [0.1, 0.15) is 0 Å². The van der Waals surface area contributed by atoms with E-state index in [0.717, 1.165) is 0 Å². The quantitative estimate of drug-likeness (QED) is 0.352. The molecule has 1 spiro atoms. The Morgan fingerprint density at radius 2 is 1.45 bits per heavy atom. The van der Waals surface area contributed by atoms with Gasteiger partial charge in [-0.15, -0.1) is 0 Å². The van der Waals surface area contributed by atoms with Crippen molar-refractivity contribution < 1.29 is 0 Å². The van der Waals surface area contributed by atoms with E-state index in [4.69, 9.17) is 0 Å². The van der Waals surface area contributed by atoms with Crippen LogP contribution in [0.25, 0.3) is 0 Å². The molecule has 6 radical (unpaired) electrons. The van der Waals surface area contributed by atoms with Crippen LogP contribution in [0.5, 0.6) is 0 Å². The van der Waals surface area contributed by atoms with Gasteiger partial charge >= 0.3 is 118 Å². The van der Waals surface area contributed by atoms with E-state index >= 15 is 0 Å². The van der Waals surface area contributed by atoms with Gasteiger partial charge in [-0.05, 0) is 0 Å². The van der Waals surface area contributed by atoms with E-state index in [9.17, 15) is 0 Å².